The molecule has 1 saturated heterocycles. The van der Waals surface area contributed by atoms with E-state index in [9.17, 15) is 4.39 Å². The van der Waals surface area contributed by atoms with E-state index in [1.807, 2.05) is 12.1 Å². The second kappa shape index (κ2) is 7.04. The van der Waals surface area contributed by atoms with Crippen molar-refractivity contribution in [1.29, 1.82) is 0 Å². The fourth-order valence-corrected chi connectivity index (χ4v) is 3.06. The third kappa shape index (κ3) is 3.50. The van der Waals surface area contributed by atoms with Crippen LogP contribution in [0, 0.1) is 5.82 Å². The number of rotatable bonds is 4. The molecule has 122 valence electrons. The minimum Gasteiger partial charge on any atom is -0.479 e. The van der Waals surface area contributed by atoms with Crippen molar-refractivity contribution >= 4 is 0 Å². The van der Waals surface area contributed by atoms with E-state index in [0.717, 1.165) is 11.8 Å². The van der Waals surface area contributed by atoms with Crippen molar-refractivity contribution in [3.63, 3.8) is 0 Å². The SMILES string of the molecule is COc1nc(-c2ccc([C@H](C)N3CCCCC3)cc2)ncc1F. The number of methoxy groups -OCH3 is 1. The van der Waals surface area contributed by atoms with Crippen molar-refractivity contribution in [1.82, 2.24) is 14.9 Å². The zero-order chi connectivity index (χ0) is 16.2. The Hall–Kier alpha value is -2.01. The summed E-state index contributed by atoms with van der Waals surface area (Å²) in [5.74, 6) is -0.104. The standard InChI is InChI=1S/C18H22FN3O/c1-13(22-10-4-3-5-11-22)14-6-8-15(9-7-14)17-20-12-16(19)18(21-17)23-2/h6-9,12-13H,3-5,10-11H2,1-2H3/t13-/m0/s1. The van der Waals surface area contributed by atoms with E-state index in [2.05, 4.69) is 33.9 Å². The van der Waals surface area contributed by atoms with Crippen molar-refractivity contribution in [3.05, 3.63) is 41.8 Å². The minimum absolute atomic E-state index is 0.0271. The van der Waals surface area contributed by atoms with Crippen LogP contribution in [0.4, 0.5) is 4.39 Å². The Bertz CT molecular complexity index is 654. The molecule has 0 N–H and O–H groups in total. The third-order valence-corrected chi connectivity index (χ3v) is 4.49. The van der Waals surface area contributed by atoms with Crippen LogP contribution in [0.2, 0.25) is 0 Å². The molecule has 5 heteroatoms. The van der Waals surface area contributed by atoms with Gasteiger partial charge in [0.25, 0.3) is 5.88 Å². The van der Waals surface area contributed by atoms with E-state index in [1.54, 1.807) is 0 Å². The van der Waals surface area contributed by atoms with Gasteiger partial charge in [-0.25, -0.2) is 4.98 Å². The number of benzene rings is 1. The highest BCUT2D eigenvalue weighted by Crippen LogP contribution is 2.26. The van der Waals surface area contributed by atoms with Gasteiger partial charge < -0.3 is 4.74 Å². The van der Waals surface area contributed by atoms with Gasteiger partial charge in [-0.3, -0.25) is 4.90 Å². The van der Waals surface area contributed by atoms with Gasteiger partial charge in [0.05, 0.1) is 13.3 Å². The largest absolute Gasteiger partial charge is 0.479 e. The lowest BCUT2D eigenvalue weighted by atomic mass is 10.0. The van der Waals surface area contributed by atoms with Crippen LogP contribution in [0.25, 0.3) is 11.4 Å². The Balaban J connectivity index is 1.78. The maximum Gasteiger partial charge on any atom is 0.253 e. The maximum atomic E-state index is 13.4. The van der Waals surface area contributed by atoms with Crippen LogP contribution in [0.3, 0.4) is 0 Å². The summed E-state index contributed by atoms with van der Waals surface area (Å²) in [7, 11) is 1.40. The van der Waals surface area contributed by atoms with Crippen molar-refractivity contribution in [3.8, 4) is 17.3 Å². The summed E-state index contributed by atoms with van der Waals surface area (Å²) < 4.78 is 18.3. The number of hydrogen-bond acceptors (Lipinski definition) is 4. The van der Waals surface area contributed by atoms with Gasteiger partial charge in [-0.15, -0.1) is 0 Å². The molecule has 1 aliphatic heterocycles. The molecular weight excluding hydrogens is 293 g/mol. The fraction of sp³-hybridized carbons (Fsp3) is 0.444. The second-order valence-corrected chi connectivity index (χ2v) is 5.95. The molecule has 3 rings (SSSR count). The number of ether oxygens (including phenoxy) is 1. The molecule has 1 aliphatic rings. The first-order valence-electron chi connectivity index (χ1n) is 8.10. The quantitative estimate of drug-likeness (QED) is 0.859. The normalized spacial score (nSPS) is 17.0. The van der Waals surface area contributed by atoms with Crippen LogP contribution in [0.1, 0.15) is 37.8 Å². The first-order chi connectivity index (χ1) is 11.2. The molecule has 23 heavy (non-hydrogen) atoms. The number of likely N-dealkylation sites (tertiary alicyclic amines) is 1. The van der Waals surface area contributed by atoms with E-state index < -0.39 is 5.82 Å². The molecule has 1 fully saturated rings. The Labute approximate surface area is 136 Å². The molecule has 0 saturated carbocycles. The minimum atomic E-state index is -0.549. The monoisotopic (exact) mass is 315 g/mol. The van der Waals surface area contributed by atoms with Crippen LogP contribution in [-0.4, -0.2) is 35.1 Å². The topological polar surface area (TPSA) is 38.2 Å². The van der Waals surface area contributed by atoms with Gasteiger partial charge in [0, 0.05) is 11.6 Å². The molecule has 2 heterocycles. The fourth-order valence-electron chi connectivity index (χ4n) is 3.06. The Morgan fingerprint density at radius 2 is 1.83 bits per heavy atom. The average Bonchev–Trinajstić information content (AvgIpc) is 2.62. The summed E-state index contributed by atoms with van der Waals surface area (Å²) in [6, 6.07) is 8.60. The van der Waals surface area contributed by atoms with Crippen LogP contribution < -0.4 is 4.74 Å². The molecule has 0 bridgehead atoms. The molecule has 1 atom stereocenters. The number of aromatic nitrogens is 2. The first kappa shape index (κ1) is 15.9. The molecular formula is C18H22FN3O. The maximum absolute atomic E-state index is 13.4. The van der Waals surface area contributed by atoms with E-state index in [0.29, 0.717) is 11.9 Å². The van der Waals surface area contributed by atoms with Crippen LogP contribution in [0.5, 0.6) is 5.88 Å². The van der Waals surface area contributed by atoms with Gasteiger partial charge in [0.15, 0.2) is 5.82 Å². The molecule has 1 aromatic heterocycles. The van der Waals surface area contributed by atoms with Gasteiger partial charge in [0.2, 0.25) is 5.82 Å². The first-order valence-corrected chi connectivity index (χ1v) is 8.10. The predicted molar refractivity (Wildman–Crippen MR) is 87.8 cm³/mol. The lowest BCUT2D eigenvalue weighted by Crippen LogP contribution is -2.32. The van der Waals surface area contributed by atoms with E-state index in [4.69, 9.17) is 4.74 Å². The molecule has 4 nitrogen and oxygen atoms in total. The highest BCUT2D eigenvalue weighted by molar-refractivity contribution is 5.55. The predicted octanol–water partition coefficient (Wildman–Crippen LogP) is 3.84. The highest BCUT2D eigenvalue weighted by atomic mass is 19.1. The summed E-state index contributed by atoms with van der Waals surface area (Å²) in [6.07, 6.45) is 5.05. The molecule has 0 radical (unpaired) electrons. The van der Waals surface area contributed by atoms with Crippen molar-refractivity contribution in [2.24, 2.45) is 0 Å². The Morgan fingerprint density at radius 1 is 1.13 bits per heavy atom. The van der Waals surface area contributed by atoms with Crippen molar-refractivity contribution in [2.45, 2.75) is 32.2 Å². The summed E-state index contributed by atoms with van der Waals surface area (Å²) in [5, 5.41) is 0. The van der Waals surface area contributed by atoms with Crippen LogP contribution in [0.15, 0.2) is 30.5 Å². The molecule has 0 amide bonds. The van der Waals surface area contributed by atoms with Gasteiger partial charge in [-0.2, -0.15) is 9.37 Å². The van der Waals surface area contributed by atoms with Gasteiger partial charge in [-0.1, -0.05) is 30.7 Å². The van der Waals surface area contributed by atoms with Crippen LogP contribution >= 0.6 is 0 Å². The van der Waals surface area contributed by atoms with Crippen molar-refractivity contribution < 1.29 is 9.13 Å². The van der Waals surface area contributed by atoms with Crippen LogP contribution in [-0.2, 0) is 0 Å². The molecule has 1 aromatic carbocycles. The zero-order valence-electron chi connectivity index (χ0n) is 13.6. The Morgan fingerprint density at radius 3 is 2.48 bits per heavy atom. The second-order valence-electron chi connectivity index (χ2n) is 5.95. The van der Waals surface area contributed by atoms with E-state index in [1.165, 1.54) is 45.0 Å². The number of hydrogen-bond donors (Lipinski definition) is 0. The summed E-state index contributed by atoms with van der Waals surface area (Å²) in [5.41, 5.74) is 2.14. The molecule has 0 unspecified atom stereocenters. The Kier molecular flexibility index (Phi) is 4.86. The van der Waals surface area contributed by atoms with Gasteiger partial charge in [0.1, 0.15) is 0 Å². The molecule has 0 spiro atoms. The summed E-state index contributed by atoms with van der Waals surface area (Å²) in [4.78, 5) is 10.7. The zero-order valence-corrected chi connectivity index (χ0v) is 13.6. The van der Waals surface area contributed by atoms with E-state index >= 15 is 0 Å². The molecule has 0 aliphatic carbocycles. The van der Waals surface area contributed by atoms with Gasteiger partial charge in [-0.05, 0) is 38.4 Å². The van der Waals surface area contributed by atoms with E-state index in [-0.39, 0.29) is 5.88 Å². The lowest BCUT2D eigenvalue weighted by Gasteiger charge is -2.32. The van der Waals surface area contributed by atoms with Gasteiger partial charge >= 0.3 is 0 Å². The third-order valence-electron chi connectivity index (χ3n) is 4.49. The smallest absolute Gasteiger partial charge is 0.253 e. The number of halogens is 1. The summed E-state index contributed by atoms with van der Waals surface area (Å²) >= 11 is 0. The summed E-state index contributed by atoms with van der Waals surface area (Å²) in [6.45, 7) is 4.58. The lowest BCUT2D eigenvalue weighted by molar-refractivity contribution is 0.175. The van der Waals surface area contributed by atoms with Crippen molar-refractivity contribution in [2.75, 3.05) is 20.2 Å². The average molecular weight is 315 g/mol. The molecule has 2 aromatic rings. The number of piperidine rings is 1. The highest BCUT2D eigenvalue weighted by Gasteiger charge is 2.18. The number of nitrogens with zero attached hydrogens (tertiary/aromatic N) is 3.